The standard InChI is InChI=1S/C17H16F3N7O/c18-17(19,20)11-2-3-15(22-9-11)28-12-4-7-26(10-12)13-8-14(25-16(21)24-13)27-6-1-5-23-27/h1-3,5-6,8-9,12H,4,7,10H2,(H2,21,24,25). The molecule has 0 bridgehead atoms. The third-order valence-electron chi connectivity index (χ3n) is 4.28. The quantitative estimate of drug-likeness (QED) is 0.729. The number of rotatable bonds is 4. The van der Waals surface area contributed by atoms with Gasteiger partial charge in [-0.1, -0.05) is 0 Å². The van der Waals surface area contributed by atoms with Gasteiger partial charge in [0.05, 0.1) is 12.1 Å². The summed E-state index contributed by atoms with van der Waals surface area (Å²) in [6.07, 6.45) is 0.169. The minimum Gasteiger partial charge on any atom is -0.472 e. The van der Waals surface area contributed by atoms with Crippen LogP contribution in [0.5, 0.6) is 5.88 Å². The first kappa shape index (κ1) is 18.0. The molecule has 4 rings (SSSR count). The lowest BCUT2D eigenvalue weighted by Gasteiger charge is -2.18. The minimum absolute atomic E-state index is 0.122. The van der Waals surface area contributed by atoms with Crippen molar-refractivity contribution in [3.63, 3.8) is 0 Å². The zero-order chi connectivity index (χ0) is 19.7. The van der Waals surface area contributed by atoms with Gasteiger partial charge in [-0.2, -0.15) is 28.2 Å². The van der Waals surface area contributed by atoms with Crippen molar-refractivity contribution in [3.05, 3.63) is 48.4 Å². The van der Waals surface area contributed by atoms with Gasteiger partial charge in [-0.15, -0.1) is 0 Å². The van der Waals surface area contributed by atoms with E-state index in [9.17, 15) is 13.2 Å². The molecule has 11 heteroatoms. The molecule has 0 aromatic carbocycles. The number of pyridine rings is 1. The Hall–Kier alpha value is -3.37. The lowest BCUT2D eigenvalue weighted by Crippen LogP contribution is -2.26. The largest absolute Gasteiger partial charge is 0.472 e. The van der Waals surface area contributed by atoms with E-state index in [1.54, 1.807) is 29.2 Å². The predicted octanol–water partition coefficient (Wildman–Crippen LogP) is 2.32. The number of hydrogen-bond acceptors (Lipinski definition) is 7. The molecule has 1 fully saturated rings. The van der Waals surface area contributed by atoms with Crippen molar-refractivity contribution in [3.8, 4) is 11.7 Å². The number of nitrogen functional groups attached to an aromatic ring is 1. The van der Waals surface area contributed by atoms with Crippen LogP contribution < -0.4 is 15.4 Å². The van der Waals surface area contributed by atoms with Crippen LogP contribution in [-0.4, -0.2) is 43.9 Å². The SMILES string of the molecule is Nc1nc(N2CCC(Oc3ccc(C(F)(F)F)cn3)C2)cc(-n2cccn2)n1. The van der Waals surface area contributed by atoms with Crippen molar-refractivity contribution in [2.45, 2.75) is 18.7 Å². The van der Waals surface area contributed by atoms with Crippen LogP contribution in [0.25, 0.3) is 5.82 Å². The van der Waals surface area contributed by atoms with Gasteiger partial charge in [-0.05, 0) is 12.1 Å². The number of ether oxygens (including phenoxy) is 1. The van der Waals surface area contributed by atoms with E-state index >= 15 is 0 Å². The highest BCUT2D eigenvalue weighted by molar-refractivity contribution is 5.48. The van der Waals surface area contributed by atoms with Crippen LogP contribution in [0.2, 0.25) is 0 Å². The summed E-state index contributed by atoms with van der Waals surface area (Å²) >= 11 is 0. The summed E-state index contributed by atoms with van der Waals surface area (Å²) < 4.78 is 45.1. The Balaban J connectivity index is 1.44. The van der Waals surface area contributed by atoms with Crippen LogP contribution >= 0.6 is 0 Å². The molecule has 1 unspecified atom stereocenters. The van der Waals surface area contributed by atoms with Crippen molar-refractivity contribution in [2.24, 2.45) is 0 Å². The van der Waals surface area contributed by atoms with E-state index in [0.29, 0.717) is 31.1 Å². The molecular weight excluding hydrogens is 375 g/mol. The molecule has 4 heterocycles. The third kappa shape index (κ3) is 3.82. The third-order valence-corrected chi connectivity index (χ3v) is 4.28. The summed E-state index contributed by atoms with van der Waals surface area (Å²) in [5, 5.41) is 4.13. The maximum absolute atomic E-state index is 12.6. The molecule has 1 aliphatic heterocycles. The van der Waals surface area contributed by atoms with Crippen molar-refractivity contribution in [1.82, 2.24) is 24.7 Å². The van der Waals surface area contributed by atoms with Crippen molar-refractivity contribution >= 4 is 11.8 Å². The van der Waals surface area contributed by atoms with Crippen molar-refractivity contribution in [2.75, 3.05) is 23.7 Å². The maximum Gasteiger partial charge on any atom is 0.417 e. The summed E-state index contributed by atoms with van der Waals surface area (Å²) in [4.78, 5) is 14.2. The smallest absolute Gasteiger partial charge is 0.417 e. The zero-order valence-corrected chi connectivity index (χ0v) is 14.5. The van der Waals surface area contributed by atoms with Gasteiger partial charge < -0.3 is 15.4 Å². The van der Waals surface area contributed by atoms with Gasteiger partial charge in [0.25, 0.3) is 0 Å². The summed E-state index contributed by atoms with van der Waals surface area (Å²) in [5.74, 6) is 1.45. The first-order valence-electron chi connectivity index (χ1n) is 8.48. The van der Waals surface area contributed by atoms with E-state index < -0.39 is 11.7 Å². The second-order valence-corrected chi connectivity index (χ2v) is 6.25. The van der Waals surface area contributed by atoms with Crippen LogP contribution in [0.3, 0.4) is 0 Å². The molecule has 1 saturated heterocycles. The topological polar surface area (TPSA) is 95.0 Å². The molecule has 0 aliphatic carbocycles. The molecular formula is C17H16F3N7O. The van der Waals surface area contributed by atoms with Gasteiger partial charge in [0.2, 0.25) is 11.8 Å². The maximum atomic E-state index is 12.6. The number of halogens is 3. The van der Waals surface area contributed by atoms with Gasteiger partial charge in [0.1, 0.15) is 11.9 Å². The average molecular weight is 391 g/mol. The van der Waals surface area contributed by atoms with E-state index in [-0.39, 0.29) is 17.9 Å². The fraction of sp³-hybridized carbons (Fsp3) is 0.294. The van der Waals surface area contributed by atoms with Crippen LogP contribution in [0.15, 0.2) is 42.9 Å². The summed E-state index contributed by atoms with van der Waals surface area (Å²) in [5.41, 5.74) is 5.01. The molecule has 3 aromatic heterocycles. The van der Waals surface area contributed by atoms with Gasteiger partial charge >= 0.3 is 6.18 Å². The number of nitrogens with zero attached hydrogens (tertiary/aromatic N) is 6. The van der Waals surface area contributed by atoms with E-state index in [1.807, 2.05) is 4.90 Å². The van der Waals surface area contributed by atoms with Crippen LogP contribution in [0, 0.1) is 0 Å². The molecule has 2 N–H and O–H groups in total. The highest BCUT2D eigenvalue weighted by Crippen LogP contribution is 2.30. The number of anilines is 2. The lowest BCUT2D eigenvalue weighted by atomic mass is 10.3. The Kier molecular flexibility index (Phi) is 4.49. The van der Waals surface area contributed by atoms with E-state index in [1.165, 1.54) is 6.07 Å². The Morgan fingerprint density at radius 2 is 2.00 bits per heavy atom. The van der Waals surface area contributed by atoms with Crippen molar-refractivity contribution < 1.29 is 17.9 Å². The summed E-state index contributed by atoms with van der Waals surface area (Å²) in [6, 6.07) is 5.72. The summed E-state index contributed by atoms with van der Waals surface area (Å²) in [6.45, 7) is 1.15. The van der Waals surface area contributed by atoms with Crippen LogP contribution in [0.4, 0.5) is 24.9 Å². The van der Waals surface area contributed by atoms with Gasteiger partial charge in [-0.25, -0.2) is 9.67 Å². The Bertz CT molecular complexity index is 944. The molecule has 0 spiro atoms. The van der Waals surface area contributed by atoms with E-state index in [0.717, 1.165) is 12.3 Å². The normalized spacial score (nSPS) is 17.1. The Labute approximate surface area is 157 Å². The van der Waals surface area contributed by atoms with Crippen LogP contribution in [0.1, 0.15) is 12.0 Å². The number of alkyl halides is 3. The fourth-order valence-electron chi connectivity index (χ4n) is 2.94. The number of hydrogen-bond donors (Lipinski definition) is 1. The molecule has 8 nitrogen and oxygen atoms in total. The predicted molar refractivity (Wildman–Crippen MR) is 94.1 cm³/mol. The lowest BCUT2D eigenvalue weighted by molar-refractivity contribution is -0.137. The molecule has 0 saturated carbocycles. The fourth-order valence-corrected chi connectivity index (χ4v) is 2.94. The molecule has 0 amide bonds. The van der Waals surface area contributed by atoms with Crippen LogP contribution in [-0.2, 0) is 6.18 Å². The van der Waals surface area contributed by atoms with E-state index in [2.05, 4.69) is 20.1 Å². The summed E-state index contributed by atoms with van der Waals surface area (Å²) in [7, 11) is 0. The van der Waals surface area contributed by atoms with Gasteiger partial charge in [0, 0.05) is 43.7 Å². The first-order valence-corrected chi connectivity index (χ1v) is 8.48. The zero-order valence-electron chi connectivity index (χ0n) is 14.5. The second-order valence-electron chi connectivity index (χ2n) is 6.25. The Morgan fingerprint density at radius 3 is 2.68 bits per heavy atom. The molecule has 0 radical (unpaired) electrons. The molecule has 1 aliphatic rings. The minimum atomic E-state index is -4.42. The first-order chi connectivity index (χ1) is 13.4. The second kappa shape index (κ2) is 6.98. The monoisotopic (exact) mass is 391 g/mol. The molecule has 28 heavy (non-hydrogen) atoms. The number of aromatic nitrogens is 5. The molecule has 1 atom stereocenters. The highest BCUT2D eigenvalue weighted by Gasteiger charge is 2.31. The Morgan fingerprint density at radius 1 is 1.18 bits per heavy atom. The molecule has 3 aromatic rings. The average Bonchev–Trinajstić information content (AvgIpc) is 3.33. The van der Waals surface area contributed by atoms with Gasteiger partial charge in [0.15, 0.2) is 5.82 Å². The van der Waals surface area contributed by atoms with E-state index in [4.69, 9.17) is 10.5 Å². The molecule has 146 valence electrons. The van der Waals surface area contributed by atoms with Crippen molar-refractivity contribution in [1.29, 1.82) is 0 Å². The number of nitrogens with two attached hydrogens (primary N) is 1. The highest BCUT2D eigenvalue weighted by atomic mass is 19.4. The van der Waals surface area contributed by atoms with Gasteiger partial charge in [-0.3, -0.25) is 0 Å².